The smallest absolute Gasteiger partial charge is 0.399 e. The normalized spacial score (nSPS) is 18.3. The van der Waals surface area contributed by atoms with Crippen LogP contribution in [0.1, 0.15) is 44.5 Å². The lowest BCUT2D eigenvalue weighted by Crippen LogP contribution is -2.41. The number of rotatable bonds is 3. The first-order chi connectivity index (χ1) is 13.8. The maximum atomic E-state index is 13.6. The van der Waals surface area contributed by atoms with Gasteiger partial charge in [-0.05, 0) is 72.2 Å². The van der Waals surface area contributed by atoms with Gasteiger partial charge in [0.05, 0.1) is 16.1 Å². The van der Waals surface area contributed by atoms with Gasteiger partial charge in [0.25, 0.3) is 10.0 Å². The fourth-order valence-corrected chi connectivity index (χ4v) is 5.28. The van der Waals surface area contributed by atoms with Gasteiger partial charge in [0, 0.05) is 22.7 Å². The second-order valence-corrected chi connectivity index (χ2v) is 10.8. The summed E-state index contributed by atoms with van der Waals surface area (Å²) in [6, 6.07) is 8.77. The molecule has 3 aromatic rings. The topological polar surface area (TPSA) is 70.4 Å². The fourth-order valence-electron chi connectivity index (χ4n) is 3.75. The molecule has 0 saturated carbocycles. The number of benzene rings is 1. The highest BCUT2D eigenvalue weighted by molar-refractivity contribution is 7.90. The second kappa shape index (κ2) is 6.67. The van der Waals surface area contributed by atoms with Crippen LogP contribution in [0.2, 0.25) is 0 Å². The van der Waals surface area contributed by atoms with Gasteiger partial charge in [0.2, 0.25) is 0 Å². The summed E-state index contributed by atoms with van der Waals surface area (Å²) in [6.07, 6.45) is 1.68. The second-order valence-electron chi connectivity index (χ2n) is 9.05. The summed E-state index contributed by atoms with van der Waals surface area (Å²) in [4.78, 5) is 4.71. The molecule has 0 aliphatic carbocycles. The third-order valence-corrected chi connectivity index (χ3v) is 8.02. The molecule has 8 heteroatoms. The Kier molecular flexibility index (Phi) is 4.69. The summed E-state index contributed by atoms with van der Waals surface area (Å²) in [6.45, 7) is 13.6. The van der Waals surface area contributed by atoms with Gasteiger partial charge < -0.3 is 9.31 Å². The maximum absolute atomic E-state index is 13.6. The average Bonchev–Trinajstić information content (AvgIpc) is 3.03. The summed E-state index contributed by atoms with van der Waals surface area (Å²) < 4.78 is 41.0. The largest absolute Gasteiger partial charge is 0.497 e. The van der Waals surface area contributed by atoms with E-state index in [0.29, 0.717) is 16.8 Å². The van der Waals surface area contributed by atoms with E-state index in [1.54, 1.807) is 37.4 Å². The Hall–Kier alpha value is -2.16. The van der Waals surface area contributed by atoms with Crippen LogP contribution in [0.5, 0.6) is 0 Å². The van der Waals surface area contributed by atoms with Crippen molar-refractivity contribution in [2.75, 3.05) is 0 Å². The fraction of sp³-hybridized carbons (Fsp3) is 0.409. The van der Waals surface area contributed by atoms with Gasteiger partial charge in [-0.15, -0.1) is 0 Å². The summed E-state index contributed by atoms with van der Waals surface area (Å²) in [5.41, 5.74) is 2.48. The van der Waals surface area contributed by atoms with E-state index >= 15 is 0 Å². The van der Waals surface area contributed by atoms with E-state index in [9.17, 15) is 8.42 Å². The Morgan fingerprint density at radius 1 is 0.933 bits per heavy atom. The minimum absolute atomic E-state index is 0.218. The van der Waals surface area contributed by atoms with Crippen LogP contribution in [0, 0.1) is 20.8 Å². The van der Waals surface area contributed by atoms with Gasteiger partial charge in [0.15, 0.2) is 5.65 Å². The van der Waals surface area contributed by atoms with Crippen molar-refractivity contribution in [2.45, 2.75) is 64.6 Å². The summed E-state index contributed by atoms with van der Waals surface area (Å²) in [5.74, 6) is 0. The zero-order valence-corrected chi connectivity index (χ0v) is 19.3. The minimum atomic E-state index is -3.85. The molecule has 0 N–H and O–H groups in total. The molecule has 0 amide bonds. The molecule has 3 heterocycles. The van der Waals surface area contributed by atoms with Crippen LogP contribution < -0.4 is 5.46 Å². The molecule has 0 unspecified atom stereocenters. The van der Waals surface area contributed by atoms with E-state index < -0.39 is 28.3 Å². The standard InChI is InChI=1S/C22H27BN2O4S/c1-14-8-10-17(11-9-14)30(26,27)25-16(3)19(18-12-15(2)13-24-20(18)25)23-28-21(4,5)22(6,7)29-23/h8-13H,1-7H3. The molecule has 1 fully saturated rings. The van der Waals surface area contributed by atoms with Crippen LogP contribution in [0.25, 0.3) is 11.0 Å². The molecule has 0 atom stereocenters. The Bertz CT molecular complexity index is 1230. The van der Waals surface area contributed by atoms with E-state index in [2.05, 4.69) is 4.98 Å². The van der Waals surface area contributed by atoms with Crippen molar-refractivity contribution >= 4 is 33.6 Å². The monoisotopic (exact) mass is 426 g/mol. The molecular weight excluding hydrogens is 399 g/mol. The van der Waals surface area contributed by atoms with Gasteiger partial charge in [-0.2, -0.15) is 0 Å². The molecule has 2 aromatic heterocycles. The van der Waals surface area contributed by atoms with Crippen molar-refractivity contribution < 1.29 is 17.7 Å². The Balaban J connectivity index is 1.98. The van der Waals surface area contributed by atoms with Crippen molar-refractivity contribution in [1.29, 1.82) is 0 Å². The minimum Gasteiger partial charge on any atom is -0.399 e. The highest BCUT2D eigenvalue weighted by atomic mass is 32.2. The van der Waals surface area contributed by atoms with E-state index in [0.717, 1.165) is 16.5 Å². The van der Waals surface area contributed by atoms with Gasteiger partial charge in [-0.3, -0.25) is 0 Å². The first kappa shape index (κ1) is 21.1. The first-order valence-corrected chi connectivity index (χ1v) is 11.4. The molecule has 0 bridgehead atoms. The van der Waals surface area contributed by atoms with Crippen LogP contribution in [0.4, 0.5) is 0 Å². The van der Waals surface area contributed by atoms with Gasteiger partial charge in [-0.25, -0.2) is 17.4 Å². The number of fused-ring (bicyclic) bond motifs is 1. The van der Waals surface area contributed by atoms with E-state index in [1.165, 1.54) is 3.97 Å². The van der Waals surface area contributed by atoms with Crippen LogP contribution in [0.3, 0.4) is 0 Å². The summed E-state index contributed by atoms with van der Waals surface area (Å²) in [7, 11) is -4.53. The average molecular weight is 426 g/mol. The molecule has 1 aliphatic rings. The lowest BCUT2D eigenvalue weighted by molar-refractivity contribution is 0.00578. The molecule has 1 aromatic carbocycles. The van der Waals surface area contributed by atoms with E-state index in [1.807, 2.05) is 47.6 Å². The number of aryl methyl sites for hydroxylation is 2. The predicted octanol–water partition coefficient (Wildman–Crippen LogP) is 3.50. The van der Waals surface area contributed by atoms with Gasteiger partial charge in [-0.1, -0.05) is 17.7 Å². The molecule has 30 heavy (non-hydrogen) atoms. The Morgan fingerprint density at radius 2 is 1.50 bits per heavy atom. The van der Waals surface area contributed by atoms with Gasteiger partial charge in [0.1, 0.15) is 0 Å². The lowest BCUT2D eigenvalue weighted by atomic mass is 9.77. The maximum Gasteiger partial charge on any atom is 0.497 e. The molecule has 4 rings (SSSR count). The van der Waals surface area contributed by atoms with Crippen molar-refractivity contribution in [2.24, 2.45) is 0 Å². The Labute approximate surface area is 178 Å². The summed E-state index contributed by atoms with van der Waals surface area (Å²) >= 11 is 0. The zero-order valence-electron chi connectivity index (χ0n) is 18.5. The predicted molar refractivity (Wildman–Crippen MR) is 119 cm³/mol. The molecule has 0 radical (unpaired) electrons. The van der Waals surface area contributed by atoms with Crippen LogP contribution in [-0.2, 0) is 19.3 Å². The number of hydrogen-bond acceptors (Lipinski definition) is 5. The van der Waals surface area contributed by atoms with Crippen LogP contribution in [0.15, 0.2) is 41.4 Å². The van der Waals surface area contributed by atoms with Crippen molar-refractivity contribution in [3.63, 3.8) is 0 Å². The van der Waals surface area contributed by atoms with Crippen molar-refractivity contribution in [3.05, 3.63) is 53.3 Å². The van der Waals surface area contributed by atoms with E-state index in [4.69, 9.17) is 9.31 Å². The Morgan fingerprint density at radius 3 is 2.07 bits per heavy atom. The zero-order chi connectivity index (χ0) is 22.1. The van der Waals surface area contributed by atoms with Crippen LogP contribution >= 0.6 is 0 Å². The molecule has 6 nitrogen and oxygen atoms in total. The van der Waals surface area contributed by atoms with Crippen LogP contribution in [-0.4, -0.2) is 35.7 Å². The highest BCUT2D eigenvalue weighted by Gasteiger charge is 2.53. The molecule has 1 saturated heterocycles. The molecule has 158 valence electrons. The van der Waals surface area contributed by atoms with Crippen molar-refractivity contribution in [1.82, 2.24) is 8.96 Å². The summed E-state index contributed by atoms with van der Waals surface area (Å²) in [5, 5.41) is 0.724. The highest BCUT2D eigenvalue weighted by Crippen LogP contribution is 2.38. The molecule has 0 spiro atoms. The van der Waals surface area contributed by atoms with E-state index in [-0.39, 0.29) is 4.90 Å². The quantitative estimate of drug-likeness (QED) is 0.600. The SMILES string of the molecule is Cc1ccc(S(=O)(=O)n2c(C)c(B3OC(C)(C)C(C)(C)O3)c3cc(C)cnc32)cc1. The van der Waals surface area contributed by atoms with Gasteiger partial charge >= 0.3 is 7.12 Å². The number of pyridine rings is 1. The lowest BCUT2D eigenvalue weighted by Gasteiger charge is -2.32. The molecule has 1 aliphatic heterocycles. The molecular formula is C22H27BN2O4S. The van der Waals surface area contributed by atoms with Crippen molar-refractivity contribution in [3.8, 4) is 0 Å². The third kappa shape index (κ3) is 3.09. The third-order valence-electron chi connectivity index (χ3n) is 6.23. The number of hydrogen-bond donors (Lipinski definition) is 0. The number of aromatic nitrogens is 2. The number of nitrogens with zero attached hydrogens (tertiary/aromatic N) is 2. The first-order valence-electron chi connectivity index (χ1n) is 10.0.